The highest BCUT2D eigenvalue weighted by molar-refractivity contribution is 7.99. The molecule has 3 rings (SSSR count). The Kier molecular flexibility index (Phi) is 5.83. The lowest BCUT2D eigenvalue weighted by molar-refractivity contribution is -0.113. The molecule has 8 heteroatoms. The number of ether oxygens (including phenoxy) is 1. The summed E-state index contributed by atoms with van der Waals surface area (Å²) < 4.78 is 5.40. The molecule has 1 saturated heterocycles. The lowest BCUT2D eigenvalue weighted by Gasteiger charge is -2.30. The van der Waals surface area contributed by atoms with Crippen molar-refractivity contribution in [2.45, 2.75) is 19.0 Å². The van der Waals surface area contributed by atoms with E-state index >= 15 is 0 Å². The van der Waals surface area contributed by atoms with Crippen molar-refractivity contribution in [3.05, 3.63) is 35.7 Å². The standard InChI is InChI=1S/C17H21N5O2S/c1-12-13(2)20-21-17(18-12)25-11-16(23)19-14-5-3-4-6-15(14)22-7-9-24-10-8-22/h3-6H,7-11H2,1-2H3,(H,19,23). The molecule has 25 heavy (non-hydrogen) atoms. The summed E-state index contributed by atoms with van der Waals surface area (Å²) in [6.07, 6.45) is 0. The summed E-state index contributed by atoms with van der Waals surface area (Å²) >= 11 is 1.28. The van der Waals surface area contributed by atoms with E-state index in [-0.39, 0.29) is 11.7 Å². The number of thioether (sulfide) groups is 1. The summed E-state index contributed by atoms with van der Waals surface area (Å²) in [5.41, 5.74) is 3.46. The van der Waals surface area contributed by atoms with Crippen molar-refractivity contribution in [2.24, 2.45) is 0 Å². The molecular formula is C17H21N5O2S. The Morgan fingerprint density at radius 1 is 1.20 bits per heavy atom. The van der Waals surface area contributed by atoms with Gasteiger partial charge in [0.05, 0.1) is 41.7 Å². The largest absolute Gasteiger partial charge is 0.378 e. The quantitative estimate of drug-likeness (QED) is 0.819. The third kappa shape index (κ3) is 4.67. The van der Waals surface area contributed by atoms with Crippen LogP contribution in [-0.2, 0) is 9.53 Å². The lowest BCUT2D eigenvalue weighted by Crippen LogP contribution is -2.36. The minimum atomic E-state index is -0.0902. The van der Waals surface area contributed by atoms with Crippen molar-refractivity contribution < 1.29 is 9.53 Å². The Labute approximate surface area is 151 Å². The SMILES string of the molecule is Cc1nnc(SCC(=O)Nc2ccccc2N2CCOCC2)nc1C. The number of anilines is 2. The maximum absolute atomic E-state index is 12.3. The van der Waals surface area contributed by atoms with Crippen molar-refractivity contribution >= 4 is 29.0 Å². The van der Waals surface area contributed by atoms with Crippen LogP contribution in [-0.4, -0.2) is 53.1 Å². The molecule has 0 saturated carbocycles. The van der Waals surface area contributed by atoms with Crippen LogP contribution in [0.25, 0.3) is 0 Å². The Balaban J connectivity index is 1.61. The topological polar surface area (TPSA) is 80.2 Å². The number of hydrogen-bond acceptors (Lipinski definition) is 7. The van der Waals surface area contributed by atoms with Gasteiger partial charge in [-0.2, -0.15) is 5.10 Å². The number of aryl methyl sites for hydroxylation is 2. The normalized spacial score (nSPS) is 14.4. The van der Waals surface area contributed by atoms with Crippen molar-refractivity contribution in [3.63, 3.8) is 0 Å². The second-order valence-corrected chi connectivity index (χ2v) is 6.66. The summed E-state index contributed by atoms with van der Waals surface area (Å²) in [7, 11) is 0. The second-order valence-electron chi connectivity index (χ2n) is 5.72. The van der Waals surface area contributed by atoms with Gasteiger partial charge in [0.1, 0.15) is 0 Å². The first-order valence-electron chi connectivity index (χ1n) is 8.16. The molecular weight excluding hydrogens is 338 g/mol. The molecule has 7 nitrogen and oxygen atoms in total. The van der Waals surface area contributed by atoms with Crippen LogP contribution in [0.4, 0.5) is 11.4 Å². The van der Waals surface area contributed by atoms with E-state index in [9.17, 15) is 4.79 Å². The Bertz CT molecular complexity index is 750. The summed E-state index contributed by atoms with van der Waals surface area (Å²) in [6, 6.07) is 7.83. The molecule has 0 spiro atoms. The van der Waals surface area contributed by atoms with E-state index in [4.69, 9.17) is 4.74 Å². The van der Waals surface area contributed by atoms with Gasteiger partial charge in [-0.1, -0.05) is 23.9 Å². The number of nitrogens with one attached hydrogen (secondary N) is 1. The number of morpholine rings is 1. The van der Waals surface area contributed by atoms with Crippen LogP contribution in [0.2, 0.25) is 0 Å². The number of carbonyl (C=O) groups is 1. The molecule has 0 aliphatic carbocycles. The number of amides is 1. The molecule has 0 atom stereocenters. The highest BCUT2D eigenvalue weighted by Crippen LogP contribution is 2.26. The van der Waals surface area contributed by atoms with Crippen LogP contribution in [0.15, 0.2) is 29.4 Å². The minimum Gasteiger partial charge on any atom is -0.378 e. The second kappa shape index (κ2) is 8.26. The van der Waals surface area contributed by atoms with E-state index in [0.717, 1.165) is 35.9 Å². The van der Waals surface area contributed by atoms with E-state index < -0.39 is 0 Å². The molecule has 2 aromatic rings. The molecule has 0 unspecified atom stereocenters. The highest BCUT2D eigenvalue weighted by Gasteiger charge is 2.16. The molecule has 2 heterocycles. The fraction of sp³-hybridized carbons (Fsp3) is 0.412. The number of benzene rings is 1. The number of nitrogens with zero attached hydrogens (tertiary/aromatic N) is 4. The third-order valence-corrected chi connectivity index (χ3v) is 4.77. The molecule has 1 aromatic carbocycles. The zero-order valence-corrected chi connectivity index (χ0v) is 15.2. The van der Waals surface area contributed by atoms with Gasteiger partial charge < -0.3 is 15.0 Å². The zero-order chi connectivity index (χ0) is 17.6. The van der Waals surface area contributed by atoms with Gasteiger partial charge in [0.15, 0.2) is 0 Å². The maximum Gasteiger partial charge on any atom is 0.234 e. The lowest BCUT2D eigenvalue weighted by atomic mass is 10.2. The molecule has 1 fully saturated rings. The van der Waals surface area contributed by atoms with Crippen LogP contribution in [0.3, 0.4) is 0 Å². The Hall–Kier alpha value is -2.19. The molecule has 1 aliphatic heterocycles. The van der Waals surface area contributed by atoms with Gasteiger partial charge >= 0.3 is 0 Å². The molecule has 0 radical (unpaired) electrons. The third-order valence-electron chi connectivity index (χ3n) is 3.93. The number of hydrogen-bond donors (Lipinski definition) is 1. The van der Waals surface area contributed by atoms with Crippen LogP contribution >= 0.6 is 11.8 Å². The van der Waals surface area contributed by atoms with Gasteiger partial charge in [0.25, 0.3) is 0 Å². The van der Waals surface area contributed by atoms with Crippen LogP contribution < -0.4 is 10.2 Å². The molecule has 1 aliphatic rings. The van der Waals surface area contributed by atoms with Crippen molar-refractivity contribution in [2.75, 3.05) is 42.3 Å². The van der Waals surface area contributed by atoms with Crippen molar-refractivity contribution in [1.29, 1.82) is 0 Å². The van der Waals surface area contributed by atoms with E-state index in [2.05, 4.69) is 25.4 Å². The zero-order valence-electron chi connectivity index (χ0n) is 14.4. The van der Waals surface area contributed by atoms with Crippen LogP contribution in [0, 0.1) is 13.8 Å². The molecule has 0 bridgehead atoms. The fourth-order valence-corrected chi connectivity index (χ4v) is 3.11. The predicted octanol–water partition coefficient (Wildman–Crippen LogP) is 2.06. The van der Waals surface area contributed by atoms with E-state index in [1.807, 2.05) is 38.1 Å². The maximum atomic E-state index is 12.3. The summed E-state index contributed by atoms with van der Waals surface area (Å²) in [5, 5.41) is 11.5. The van der Waals surface area contributed by atoms with E-state index in [1.165, 1.54) is 11.8 Å². The first-order valence-corrected chi connectivity index (χ1v) is 9.14. The number of para-hydroxylation sites is 2. The van der Waals surface area contributed by atoms with Gasteiger partial charge in [0, 0.05) is 13.1 Å². The van der Waals surface area contributed by atoms with Crippen molar-refractivity contribution in [1.82, 2.24) is 15.2 Å². The average Bonchev–Trinajstić information content (AvgIpc) is 2.64. The number of aromatic nitrogens is 3. The predicted molar refractivity (Wildman–Crippen MR) is 98.1 cm³/mol. The number of carbonyl (C=O) groups excluding carboxylic acids is 1. The molecule has 1 amide bonds. The van der Waals surface area contributed by atoms with E-state index in [0.29, 0.717) is 18.4 Å². The molecule has 1 N–H and O–H groups in total. The van der Waals surface area contributed by atoms with Crippen molar-refractivity contribution in [3.8, 4) is 0 Å². The molecule has 132 valence electrons. The summed E-state index contributed by atoms with van der Waals surface area (Å²) in [4.78, 5) is 18.9. The van der Waals surface area contributed by atoms with Gasteiger partial charge in [-0.05, 0) is 26.0 Å². The average molecular weight is 359 g/mol. The molecule has 1 aromatic heterocycles. The summed E-state index contributed by atoms with van der Waals surface area (Å²) in [6.45, 7) is 6.80. The first kappa shape index (κ1) is 17.6. The van der Waals surface area contributed by atoms with Crippen LogP contribution in [0.5, 0.6) is 0 Å². The monoisotopic (exact) mass is 359 g/mol. The fourth-order valence-electron chi connectivity index (χ4n) is 2.47. The van der Waals surface area contributed by atoms with Crippen LogP contribution in [0.1, 0.15) is 11.4 Å². The smallest absolute Gasteiger partial charge is 0.234 e. The van der Waals surface area contributed by atoms with Gasteiger partial charge in [-0.3, -0.25) is 4.79 Å². The Morgan fingerprint density at radius 2 is 1.96 bits per heavy atom. The first-order chi connectivity index (χ1) is 12.1. The summed E-state index contributed by atoms with van der Waals surface area (Å²) in [5.74, 6) is 0.147. The minimum absolute atomic E-state index is 0.0902. The van der Waals surface area contributed by atoms with E-state index in [1.54, 1.807) is 0 Å². The Morgan fingerprint density at radius 3 is 2.72 bits per heavy atom. The van der Waals surface area contributed by atoms with Gasteiger partial charge in [0.2, 0.25) is 11.1 Å². The van der Waals surface area contributed by atoms with Gasteiger partial charge in [-0.15, -0.1) is 5.10 Å². The number of rotatable bonds is 5. The van der Waals surface area contributed by atoms with Gasteiger partial charge in [-0.25, -0.2) is 4.98 Å². The highest BCUT2D eigenvalue weighted by atomic mass is 32.2.